The van der Waals surface area contributed by atoms with Gasteiger partial charge < -0.3 is 5.11 Å². The van der Waals surface area contributed by atoms with Crippen molar-refractivity contribution in [3.8, 4) is 0 Å². The van der Waals surface area contributed by atoms with Gasteiger partial charge in [-0.1, -0.05) is 48.0 Å². The quantitative estimate of drug-likeness (QED) is 0.802. The number of benzene rings is 2. The van der Waals surface area contributed by atoms with Gasteiger partial charge in [-0.15, -0.1) is 0 Å². The largest absolute Gasteiger partial charge is 0.481 e. The molecule has 0 bridgehead atoms. The Morgan fingerprint density at radius 3 is 2.68 bits per heavy atom. The van der Waals surface area contributed by atoms with Crippen LogP contribution in [0.5, 0.6) is 0 Å². The topological polar surface area (TPSA) is 37.3 Å². The minimum Gasteiger partial charge on any atom is -0.481 e. The predicted octanol–water partition coefficient (Wildman–Crippen LogP) is 4.42. The number of carboxylic acid groups (broad SMARTS) is 1. The zero-order valence-electron chi connectivity index (χ0n) is 11.1. The molecule has 2 heteroatoms. The fraction of sp³-hybridized carbons (Fsp3) is 0.235. The molecule has 2 nitrogen and oxygen atoms in total. The lowest BCUT2D eigenvalue weighted by molar-refractivity contribution is -0.137. The number of aliphatic carboxylic acids is 1. The second-order valence-electron chi connectivity index (χ2n) is 4.80. The average Bonchev–Trinajstić information content (AvgIpc) is 2.38. The normalized spacial score (nSPS) is 11.2. The number of hydrogen-bond acceptors (Lipinski definition) is 1. The van der Waals surface area contributed by atoms with Gasteiger partial charge in [0.25, 0.3) is 0 Å². The van der Waals surface area contributed by atoms with E-state index in [-0.39, 0.29) is 6.42 Å². The van der Waals surface area contributed by atoms with Gasteiger partial charge in [0.2, 0.25) is 0 Å². The summed E-state index contributed by atoms with van der Waals surface area (Å²) < 4.78 is 0. The highest BCUT2D eigenvalue weighted by Crippen LogP contribution is 2.18. The maximum atomic E-state index is 10.4. The van der Waals surface area contributed by atoms with E-state index in [0.717, 1.165) is 12.0 Å². The van der Waals surface area contributed by atoms with Crippen molar-refractivity contribution in [2.45, 2.75) is 26.2 Å². The molecule has 1 N–H and O–H groups in total. The van der Waals surface area contributed by atoms with E-state index in [1.54, 1.807) is 0 Å². The number of fused-ring (bicyclic) bond motifs is 1. The molecule has 0 saturated carbocycles. The Morgan fingerprint density at radius 1 is 1.16 bits per heavy atom. The smallest absolute Gasteiger partial charge is 0.303 e. The molecule has 0 radical (unpaired) electrons. The summed E-state index contributed by atoms with van der Waals surface area (Å²) >= 11 is 0. The van der Waals surface area contributed by atoms with Crippen LogP contribution in [0.25, 0.3) is 16.8 Å². The van der Waals surface area contributed by atoms with E-state index in [0.29, 0.717) is 6.42 Å². The molecule has 0 aliphatic heterocycles. The Kier molecular flexibility index (Phi) is 4.35. The molecule has 2 aromatic carbocycles. The third-order valence-corrected chi connectivity index (χ3v) is 3.09. The van der Waals surface area contributed by atoms with Crippen molar-refractivity contribution >= 4 is 22.8 Å². The van der Waals surface area contributed by atoms with Crippen LogP contribution in [-0.4, -0.2) is 11.1 Å². The van der Waals surface area contributed by atoms with Gasteiger partial charge in [-0.2, -0.15) is 0 Å². The van der Waals surface area contributed by atoms with Crippen molar-refractivity contribution in [3.05, 3.63) is 53.6 Å². The van der Waals surface area contributed by atoms with Crippen molar-refractivity contribution < 1.29 is 9.90 Å². The second kappa shape index (κ2) is 6.19. The van der Waals surface area contributed by atoms with Crippen LogP contribution in [0.2, 0.25) is 0 Å². The molecule has 0 heterocycles. The van der Waals surface area contributed by atoms with Gasteiger partial charge in [0.15, 0.2) is 0 Å². The highest BCUT2D eigenvalue weighted by Gasteiger charge is 1.96. The maximum absolute atomic E-state index is 10.4. The molecule has 0 aliphatic carbocycles. The lowest BCUT2D eigenvalue weighted by atomic mass is 10.0. The van der Waals surface area contributed by atoms with E-state index in [1.165, 1.54) is 16.3 Å². The first-order valence-corrected chi connectivity index (χ1v) is 6.54. The molecule has 0 fully saturated rings. The van der Waals surface area contributed by atoms with Crippen LogP contribution >= 0.6 is 0 Å². The standard InChI is InChI=1S/C17H18O2/c1-13-7-9-16-12-14(8-10-15(16)11-13)5-3-2-4-6-17(18)19/h3,5,7-12H,2,4,6H2,1H3,(H,18,19)/b5-3+. The minimum atomic E-state index is -0.727. The van der Waals surface area contributed by atoms with Crippen LogP contribution in [0.4, 0.5) is 0 Å². The third-order valence-electron chi connectivity index (χ3n) is 3.09. The lowest BCUT2D eigenvalue weighted by Gasteiger charge is -2.01. The van der Waals surface area contributed by atoms with Crippen molar-refractivity contribution in [3.63, 3.8) is 0 Å². The zero-order valence-corrected chi connectivity index (χ0v) is 11.1. The number of carboxylic acids is 1. The molecule has 0 saturated heterocycles. The van der Waals surface area contributed by atoms with Crippen molar-refractivity contribution in [1.29, 1.82) is 0 Å². The van der Waals surface area contributed by atoms with Gasteiger partial charge in [-0.25, -0.2) is 0 Å². The number of unbranched alkanes of at least 4 members (excludes halogenated alkanes) is 1. The van der Waals surface area contributed by atoms with Crippen LogP contribution in [0, 0.1) is 6.92 Å². The summed E-state index contributed by atoms with van der Waals surface area (Å²) in [6, 6.07) is 12.8. The molecule has 0 spiro atoms. The first-order chi connectivity index (χ1) is 9.15. The fourth-order valence-electron chi connectivity index (χ4n) is 2.08. The molecule has 0 atom stereocenters. The number of allylic oxidation sites excluding steroid dienone is 1. The first kappa shape index (κ1) is 13.3. The highest BCUT2D eigenvalue weighted by molar-refractivity contribution is 5.85. The molecule has 19 heavy (non-hydrogen) atoms. The fourth-order valence-corrected chi connectivity index (χ4v) is 2.08. The van der Waals surface area contributed by atoms with Gasteiger partial charge in [-0.3, -0.25) is 4.79 Å². The number of hydrogen-bond donors (Lipinski definition) is 1. The van der Waals surface area contributed by atoms with Crippen LogP contribution in [-0.2, 0) is 4.79 Å². The Labute approximate surface area is 113 Å². The third kappa shape index (κ3) is 3.95. The minimum absolute atomic E-state index is 0.237. The van der Waals surface area contributed by atoms with E-state index in [2.05, 4.69) is 49.4 Å². The summed E-state index contributed by atoms with van der Waals surface area (Å²) in [7, 11) is 0. The summed E-state index contributed by atoms with van der Waals surface area (Å²) in [6.45, 7) is 2.09. The molecule has 0 aliphatic rings. The predicted molar refractivity (Wildman–Crippen MR) is 79.2 cm³/mol. The Balaban J connectivity index is 2.03. The van der Waals surface area contributed by atoms with E-state index in [1.807, 2.05) is 6.08 Å². The summed E-state index contributed by atoms with van der Waals surface area (Å²) in [5.41, 5.74) is 2.43. The molecule has 0 unspecified atom stereocenters. The SMILES string of the molecule is Cc1ccc2cc(/C=C/CCCC(=O)O)ccc2c1. The van der Waals surface area contributed by atoms with Gasteiger partial charge in [-0.05, 0) is 42.2 Å². The average molecular weight is 254 g/mol. The lowest BCUT2D eigenvalue weighted by Crippen LogP contribution is -1.92. The Morgan fingerprint density at radius 2 is 1.89 bits per heavy atom. The molecule has 2 rings (SSSR count). The van der Waals surface area contributed by atoms with Crippen molar-refractivity contribution in [2.75, 3.05) is 0 Å². The van der Waals surface area contributed by atoms with Gasteiger partial charge in [0.05, 0.1) is 0 Å². The van der Waals surface area contributed by atoms with E-state index in [4.69, 9.17) is 5.11 Å². The highest BCUT2D eigenvalue weighted by atomic mass is 16.4. The van der Waals surface area contributed by atoms with Crippen LogP contribution in [0.3, 0.4) is 0 Å². The maximum Gasteiger partial charge on any atom is 0.303 e. The molecular formula is C17H18O2. The summed E-state index contributed by atoms with van der Waals surface area (Å²) in [4.78, 5) is 10.4. The van der Waals surface area contributed by atoms with E-state index < -0.39 is 5.97 Å². The number of rotatable bonds is 5. The summed E-state index contributed by atoms with van der Waals surface area (Å²) in [5.74, 6) is -0.727. The van der Waals surface area contributed by atoms with Gasteiger partial charge in [0, 0.05) is 6.42 Å². The first-order valence-electron chi connectivity index (χ1n) is 6.54. The van der Waals surface area contributed by atoms with E-state index >= 15 is 0 Å². The summed E-state index contributed by atoms with van der Waals surface area (Å²) in [6.07, 6.45) is 5.83. The van der Waals surface area contributed by atoms with Gasteiger partial charge >= 0.3 is 5.97 Å². The van der Waals surface area contributed by atoms with Crippen LogP contribution in [0.15, 0.2) is 42.5 Å². The van der Waals surface area contributed by atoms with Gasteiger partial charge in [0.1, 0.15) is 0 Å². The zero-order chi connectivity index (χ0) is 13.7. The summed E-state index contributed by atoms with van der Waals surface area (Å²) in [5, 5.41) is 11.0. The molecular weight excluding hydrogens is 236 g/mol. The van der Waals surface area contributed by atoms with Crippen LogP contribution < -0.4 is 0 Å². The Hall–Kier alpha value is -2.09. The number of carbonyl (C=O) groups is 1. The second-order valence-corrected chi connectivity index (χ2v) is 4.80. The number of aryl methyl sites for hydroxylation is 1. The monoisotopic (exact) mass is 254 g/mol. The Bertz CT molecular complexity index is 612. The molecule has 0 aromatic heterocycles. The van der Waals surface area contributed by atoms with Crippen LogP contribution in [0.1, 0.15) is 30.4 Å². The van der Waals surface area contributed by atoms with E-state index in [9.17, 15) is 4.79 Å². The molecule has 0 amide bonds. The van der Waals surface area contributed by atoms with Crippen molar-refractivity contribution in [2.24, 2.45) is 0 Å². The molecule has 98 valence electrons. The van der Waals surface area contributed by atoms with Crippen molar-refractivity contribution in [1.82, 2.24) is 0 Å². The molecule has 2 aromatic rings.